The molecule has 0 saturated heterocycles. The average molecular weight is 220 g/mol. The molecule has 5 heteroatoms. The zero-order chi connectivity index (χ0) is 11.7. The molecular formula is C11H12N2O3. The molecule has 0 spiro atoms. The lowest BCUT2D eigenvalue weighted by Crippen LogP contribution is -2.31. The lowest BCUT2D eigenvalue weighted by atomic mass is 10.1. The van der Waals surface area contributed by atoms with Crippen LogP contribution in [0.2, 0.25) is 0 Å². The number of hydrogen-bond donors (Lipinski definition) is 2. The number of aliphatic hydroxyl groups is 1. The number of likely N-dealkylation sites (N-methyl/N-ethyl adjacent to an activating group) is 1. The number of rotatable bonds is 1. The van der Waals surface area contributed by atoms with Crippen LogP contribution in [0.5, 0.6) is 0 Å². The number of hydrogen-bond acceptors (Lipinski definition) is 3. The Morgan fingerprint density at radius 2 is 2.19 bits per heavy atom. The first-order valence-corrected chi connectivity index (χ1v) is 4.91. The predicted octanol–water partition coefficient (Wildman–Crippen LogP) is 0.203. The molecule has 2 N–H and O–H groups in total. The van der Waals surface area contributed by atoms with E-state index in [1.54, 1.807) is 25.2 Å². The van der Waals surface area contributed by atoms with Gasteiger partial charge < -0.3 is 15.3 Å². The summed E-state index contributed by atoms with van der Waals surface area (Å²) in [6.45, 7) is -0.0743. The standard InChI is InChI=1S/C11H12N2O3/c1-13-5-10(15)12-9-4-7(6-14)2-3-8(9)11(13)16/h2-4,14H,5-6H2,1H3,(H,12,15). The lowest BCUT2D eigenvalue weighted by Gasteiger charge is -2.12. The maximum atomic E-state index is 11.9. The fourth-order valence-corrected chi connectivity index (χ4v) is 1.66. The Balaban J connectivity index is 2.50. The number of aliphatic hydroxyl groups excluding tert-OH is 1. The van der Waals surface area contributed by atoms with Gasteiger partial charge >= 0.3 is 0 Å². The lowest BCUT2D eigenvalue weighted by molar-refractivity contribution is -0.116. The van der Waals surface area contributed by atoms with E-state index >= 15 is 0 Å². The predicted molar refractivity (Wildman–Crippen MR) is 58.0 cm³/mol. The van der Waals surface area contributed by atoms with Gasteiger partial charge in [0.25, 0.3) is 5.91 Å². The Morgan fingerprint density at radius 3 is 2.88 bits per heavy atom. The van der Waals surface area contributed by atoms with Crippen LogP contribution in [0.3, 0.4) is 0 Å². The second-order valence-corrected chi connectivity index (χ2v) is 3.75. The monoisotopic (exact) mass is 220 g/mol. The van der Waals surface area contributed by atoms with E-state index in [2.05, 4.69) is 5.32 Å². The van der Waals surface area contributed by atoms with Crippen molar-refractivity contribution < 1.29 is 14.7 Å². The summed E-state index contributed by atoms with van der Waals surface area (Å²) >= 11 is 0. The van der Waals surface area contributed by atoms with Crippen molar-refractivity contribution in [1.82, 2.24) is 4.90 Å². The van der Waals surface area contributed by atoms with Gasteiger partial charge in [0.15, 0.2) is 0 Å². The molecule has 2 rings (SSSR count). The fraction of sp³-hybridized carbons (Fsp3) is 0.273. The van der Waals surface area contributed by atoms with E-state index in [4.69, 9.17) is 5.11 Å². The number of amides is 2. The minimum Gasteiger partial charge on any atom is -0.392 e. The maximum Gasteiger partial charge on any atom is 0.256 e. The number of nitrogens with zero attached hydrogens (tertiary/aromatic N) is 1. The van der Waals surface area contributed by atoms with Crippen molar-refractivity contribution in [1.29, 1.82) is 0 Å². The van der Waals surface area contributed by atoms with Crippen molar-refractivity contribution in [3.8, 4) is 0 Å². The molecule has 0 fully saturated rings. The third-order valence-electron chi connectivity index (χ3n) is 2.50. The first-order chi connectivity index (χ1) is 7.61. The van der Waals surface area contributed by atoms with Crippen molar-refractivity contribution in [2.75, 3.05) is 18.9 Å². The van der Waals surface area contributed by atoms with Crippen LogP contribution in [-0.4, -0.2) is 35.4 Å². The molecule has 0 saturated carbocycles. The number of fused-ring (bicyclic) bond motifs is 1. The first-order valence-electron chi connectivity index (χ1n) is 4.91. The van der Waals surface area contributed by atoms with Crippen molar-refractivity contribution in [2.45, 2.75) is 6.61 Å². The zero-order valence-electron chi connectivity index (χ0n) is 8.86. The maximum absolute atomic E-state index is 11.9. The normalized spacial score (nSPS) is 15.5. The first kappa shape index (κ1) is 10.6. The highest BCUT2D eigenvalue weighted by atomic mass is 16.3. The van der Waals surface area contributed by atoms with E-state index in [1.807, 2.05) is 0 Å². The van der Waals surface area contributed by atoms with E-state index < -0.39 is 0 Å². The van der Waals surface area contributed by atoms with Gasteiger partial charge in [-0.3, -0.25) is 9.59 Å². The van der Waals surface area contributed by atoms with Gasteiger partial charge in [-0.2, -0.15) is 0 Å². The molecule has 0 aliphatic carbocycles. The van der Waals surface area contributed by atoms with Crippen LogP contribution in [0.25, 0.3) is 0 Å². The molecule has 84 valence electrons. The second-order valence-electron chi connectivity index (χ2n) is 3.75. The van der Waals surface area contributed by atoms with Crippen molar-refractivity contribution >= 4 is 17.5 Å². The number of carbonyl (C=O) groups is 2. The van der Waals surface area contributed by atoms with E-state index in [0.29, 0.717) is 16.8 Å². The van der Waals surface area contributed by atoms with Gasteiger partial charge in [-0.1, -0.05) is 6.07 Å². The van der Waals surface area contributed by atoms with Crippen LogP contribution in [0, 0.1) is 0 Å². The third-order valence-corrected chi connectivity index (χ3v) is 2.50. The van der Waals surface area contributed by atoms with Gasteiger partial charge in [0.2, 0.25) is 5.91 Å². The molecule has 1 aliphatic rings. The van der Waals surface area contributed by atoms with Crippen LogP contribution in [0.4, 0.5) is 5.69 Å². The molecule has 0 atom stereocenters. The van der Waals surface area contributed by atoms with Gasteiger partial charge in [-0.25, -0.2) is 0 Å². The molecule has 0 bridgehead atoms. The summed E-state index contributed by atoms with van der Waals surface area (Å²) in [5.74, 6) is -0.428. The molecule has 1 aromatic rings. The van der Waals surface area contributed by atoms with Gasteiger partial charge in [-0.05, 0) is 17.7 Å². The summed E-state index contributed by atoms with van der Waals surface area (Å²) < 4.78 is 0. The minimum absolute atomic E-state index is 0.0436. The van der Waals surface area contributed by atoms with Crippen LogP contribution >= 0.6 is 0 Å². The number of nitrogens with one attached hydrogen (secondary N) is 1. The van der Waals surface area contributed by atoms with Crippen LogP contribution < -0.4 is 5.32 Å². The van der Waals surface area contributed by atoms with Gasteiger partial charge in [-0.15, -0.1) is 0 Å². The average Bonchev–Trinajstić information content (AvgIpc) is 2.36. The van der Waals surface area contributed by atoms with Gasteiger partial charge in [0, 0.05) is 7.05 Å². The van der Waals surface area contributed by atoms with E-state index in [9.17, 15) is 9.59 Å². The van der Waals surface area contributed by atoms with Crippen molar-refractivity contribution in [2.24, 2.45) is 0 Å². The highest BCUT2D eigenvalue weighted by molar-refractivity contribution is 6.08. The topological polar surface area (TPSA) is 69.6 Å². The van der Waals surface area contributed by atoms with E-state index in [0.717, 1.165) is 0 Å². The summed E-state index contributed by atoms with van der Waals surface area (Å²) in [6, 6.07) is 4.90. The smallest absolute Gasteiger partial charge is 0.256 e. The highest BCUT2D eigenvalue weighted by Gasteiger charge is 2.23. The second kappa shape index (κ2) is 3.94. The summed E-state index contributed by atoms with van der Waals surface area (Å²) in [7, 11) is 1.58. The Bertz CT molecular complexity index is 457. The Labute approximate surface area is 92.7 Å². The number of anilines is 1. The summed E-state index contributed by atoms with van der Waals surface area (Å²) in [5, 5.41) is 11.6. The summed E-state index contributed by atoms with van der Waals surface area (Å²) in [4.78, 5) is 24.6. The van der Waals surface area contributed by atoms with Crippen LogP contribution in [-0.2, 0) is 11.4 Å². The SMILES string of the molecule is CN1CC(=O)Nc2cc(CO)ccc2C1=O. The highest BCUT2D eigenvalue weighted by Crippen LogP contribution is 2.21. The van der Waals surface area contributed by atoms with E-state index in [1.165, 1.54) is 4.90 Å². The number of benzene rings is 1. The molecule has 16 heavy (non-hydrogen) atoms. The van der Waals surface area contributed by atoms with E-state index in [-0.39, 0.29) is 25.0 Å². The molecule has 5 nitrogen and oxygen atoms in total. The van der Waals surface area contributed by atoms with Gasteiger partial charge in [0.1, 0.15) is 0 Å². The quantitative estimate of drug-likeness (QED) is 0.710. The van der Waals surface area contributed by atoms with Crippen molar-refractivity contribution in [3.63, 3.8) is 0 Å². The molecule has 1 aromatic carbocycles. The molecule has 1 aliphatic heterocycles. The van der Waals surface area contributed by atoms with Gasteiger partial charge in [0.05, 0.1) is 24.4 Å². The molecule has 0 radical (unpaired) electrons. The largest absolute Gasteiger partial charge is 0.392 e. The molecule has 0 aromatic heterocycles. The minimum atomic E-state index is -0.232. The number of carbonyl (C=O) groups excluding carboxylic acids is 2. The summed E-state index contributed by atoms with van der Waals surface area (Å²) in [6.07, 6.45) is 0. The zero-order valence-corrected chi connectivity index (χ0v) is 8.86. The molecule has 2 amide bonds. The third kappa shape index (κ3) is 1.77. The Hall–Kier alpha value is -1.88. The molecular weight excluding hydrogens is 208 g/mol. The molecule has 1 heterocycles. The molecule has 0 unspecified atom stereocenters. The Kier molecular flexibility index (Phi) is 2.62. The Morgan fingerprint density at radius 1 is 1.44 bits per heavy atom. The van der Waals surface area contributed by atoms with Crippen LogP contribution in [0.1, 0.15) is 15.9 Å². The van der Waals surface area contributed by atoms with Crippen molar-refractivity contribution in [3.05, 3.63) is 29.3 Å². The summed E-state index contributed by atoms with van der Waals surface area (Å²) in [5.41, 5.74) is 1.58. The fourth-order valence-electron chi connectivity index (χ4n) is 1.66. The van der Waals surface area contributed by atoms with Crippen LogP contribution in [0.15, 0.2) is 18.2 Å².